The van der Waals surface area contributed by atoms with Crippen molar-refractivity contribution < 1.29 is 27.5 Å². The standard InChI is InChI=1S/C25H17F2NO5/c1-14-22(30)19-8-5-9-20(24(19)33-23(14)15-6-3-2-4-7-15)25(31)32-13-21(29)28-18-11-16(26)10-17(27)12-18/h2-12H,13H2,1H3,(H,28,29). The van der Waals surface area contributed by atoms with E-state index in [0.717, 1.165) is 12.1 Å². The number of hydrogen-bond donors (Lipinski definition) is 1. The molecule has 1 N–H and O–H groups in total. The molecule has 4 rings (SSSR count). The van der Waals surface area contributed by atoms with E-state index >= 15 is 0 Å². The summed E-state index contributed by atoms with van der Waals surface area (Å²) in [6.07, 6.45) is 0. The first-order valence-corrected chi connectivity index (χ1v) is 9.88. The van der Waals surface area contributed by atoms with Gasteiger partial charge in [-0.15, -0.1) is 0 Å². The van der Waals surface area contributed by atoms with Crippen LogP contribution in [0.2, 0.25) is 0 Å². The Kier molecular flexibility index (Phi) is 5.99. The Morgan fingerprint density at radius 3 is 2.36 bits per heavy atom. The molecule has 33 heavy (non-hydrogen) atoms. The molecule has 0 saturated heterocycles. The zero-order valence-corrected chi connectivity index (χ0v) is 17.4. The van der Waals surface area contributed by atoms with Crippen molar-refractivity contribution in [2.45, 2.75) is 6.92 Å². The van der Waals surface area contributed by atoms with Crippen molar-refractivity contribution in [3.8, 4) is 11.3 Å². The summed E-state index contributed by atoms with van der Waals surface area (Å²) in [6.45, 7) is 0.924. The number of hydrogen-bond acceptors (Lipinski definition) is 5. The van der Waals surface area contributed by atoms with Crippen LogP contribution in [0.15, 0.2) is 75.9 Å². The third kappa shape index (κ3) is 4.64. The minimum absolute atomic E-state index is 0.0320. The van der Waals surface area contributed by atoms with Gasteiger partial charge in [0.1, 0.15) is 23.0 Å². The van der Waals surface area contributed by atoms with E-state index in [2.05, 4.69) is 5.32 Å². The van der Waals surface area contributed by atoms with Crippen molar-refractivity contribution >= 4 is 28.5 Å². The number of anilines is 1. The van der Waals surface area contributed by atoms with Crippen molar-refractivity contribution in [2.75, 3.05) is 11.9 Å². The predicted octanol–water partition coefficient (Wildman–Crippen LogP) is 4.84. The van der Waals surface area contributed by atoms with Gasteiger partial charge in [0.25, 0.3) is 5.91 Å². The van der Waals surface area contributed by atoms with E-state index in [9.17, 15) is 23.2 Å². The first-order chi connectivity index (χ1) is 15.8. The molecule has 1 heterocycles. The van der Waals surface area contributed by atoms with Crippen LogP contribution in [0.25, 0.3) is 22.3 Å². The molecule has 0 aliphatic carbocycles. The minimum atomic E-state index is -0.896. The highest BCUT2D eigenvalue weighted by atomic mass is 19.1. The van der Waals surface area contributed by atoms with Gasteiger partial charge in [0.2, 0.25) is 0 Å². The highest BCUT2D eigenvalue weighted by Gasteiger charge is 2.20. The number of ether oxygens (including phenoxy) is 1. The molecule has 6 nitrogen and oxygen atoms in total. The lowest BCUT2D eigenvalue weighted by atomic mass is 10.0. The maximum Gasteiger partial charge on any atom is 0.342 e. The zero-order chi connectivity index (χ0) is 23.5. The lowest BCUT2D eigenvalue weighted by Crippen LogP contribution is -2.21. The Hall–Kier alpha value is -4.33. The fourth-order valence-electron chi connectivity index (χ4n) is 3.37. The van der Waals surface area contributed by atoms with Crippen LogP contribution in [0.5, 0.6) is 0 Å². The highest BCUT2D eigenvalue weighted by Crippen LogP contribution is 2.27. The quantitative estimate of drug-likeness (QED) is 0.441. The van der Waals surface area contributed by atoms with E-state index in [1.165, 1.54) is 18.2 Å². The second-order valence-electron chi connectivity index (χ2n) is 7.22. The van der Waals surface area contributed by atoms with Crippen LogP contribution in [-0.2, 0) is 9.53 Å². The van der Waals surface area contributed by atoms with Crippen LogP contribution in [0.1, 0.15) is 15.9 Å². The number of para-hydroxylation sites is 1. The van der Waals surface area contributed by atoms with Gasteiger partial charge in [-0.3, -0.25) is 9.59 Å². The van der Waals surface area contributed by atoms with E-state index in [-0.39, 0.29) is 27.6 Å². The zero-order valence-electron chi connectivity index (χ0n) is 17.4. The Balaban J connectivity index is 1.60. The molecule has 0 spiro atoms. The maximum atomic E-state index is 13.3. The summed E-state index contributed by atoms with van der Waals surface area (Å²) >= 11 is 0. The van der Waals surface area contributed by atoms with Gasteiger partial charge in [0.05, 0.1) is 5.39 Å². The number of amides is 1. The average Bonchev–Trinajstić information content (AvgIpc) is 2.79. The Morgan fingerprint density at radius 1 is 0.970 bits per heavy atom. The van der Waals surface area contributed by atoms with Crippen molar-refractivity contribution in [1.29, 1.82) is 0 Å². The summed E-state index contributed by atoms with van der Waals surface area (Å²) in [5.74, 6) is -3.10. The second-order valence-corrected chi connectivity index (χ2v) is 7.22. The molecule has 0 fully saturated rings. The predicted molar refractivity (Wildman–Crippen MR) is 118 cm³/mol. The van der Waals surface area contributed by atoms with E-state index in [1.807, 2.05) is 6.07 Å². The van der Waals surface area contributed by atoms with Crippen LogP contribution >= 0.6 is 0 Å². The number of benzene rings is 3. The summed E-state index contributed by atoms with van der Waals surface area (Å²) < 4.78 is 37.5. The van der Waals surface area contributed by atoms with E-state index < -0.39 is 30.1 Å². The van der Waals surface area contributed by atoms with Crippen LogP contribution in [0.3, 0.4) is 0 Å². The van der Waals surface area contributed by atoms with Gasteiger partial charge in [-0.05, 0) is 31.2 Å². The van der Waals surface area contributed by atoms with Gasteiger partial charge in [-0.25, -0.2) is 13.6 Å². The fourth-order valence-corrected chi connectivity index (χ4v) is 3.37. The van der Waals surface area contributed by atoms with Crippen LogP contribution in [0.4, 0.5) is 14.5 Å². The van der Waals surface area contributed by atoms with Crippen molar-refractivity contribution in [3.63, 3.8) is 0 Å². The number of rotatable bonds is 5. The third-order valence-corrected chi connectivity index (χ3v) is 4.88. The fraction of sp³-hybridized carbons (Fsp3) is 0.0800. The molecular weight excluding hydrogens is 432 g/mol. The topological polar surface area (TPSA) is 85.6 Å². The second kappa shape index (κ2) is 9.04. The number of esters is 1. The van der Waals surface area contributed by atoms with Crippen LogP contribution in [0, 0.1) is 18.6 Å². The smallest absolute Gasteiger partial charge is 0.342 e. The lowest BCUT2D eigenvalue weighted by Gasteiger charge is -2.11. The molecule has 1 amide bonds. The Labute approximate surface area is 186 Å². The van der Waals surface area contributed by atoms with Crippen LogP contribution in [-0.4, -0.2) is 18.5 Å². The molecular formula is C25H17F2NO5. The third-order valence-electron chi connectivity index (χ3n) is 4.88. The van der Waals surface area contributed by atoms with Crippen molar-refractivity contribution in [2.24, 2.45) is 0 Å². The highest BCUT2D eigenvalue weighted by molar-refractivity contribution is 6.03. The Morgan fingerprint density at radius 2 is 1.67 bits per heavy atom. The largest absolute Gasteiger partial charge is 0.455 e. The van der Waals surface area contributed by atoms with Gasteiger partial charge < -0.3 is 14.5 Å². The van der Waals surface area contributed by atoms with E-state index in [1.54, 1.807) is 31.2 Å². The molecule has 0 atom stereocenters. The van der Waals surface area contributed by atoms with Crippen molar-refractivity contribution in [1.82, 2.24) is 0 Å². The molecule has 0 aliphatic rings. The van der Waals surface area contributed by atoms with Gasteiger partial charge in [0, 0.05) is 22.9 Å². The molecule has 0 aliphatic heterocycles. The molecule has 1 aromatic heterocycles. The molecule has 166 valence electrons. The van der Waals surface area contributed by atoms with Gasteiger partial charge in [-0.2, -0.15) is 0 Å². The number of fused-ring (bicyclic) bond motifs is 1. The normalized spacial score (nSPS) is 10.8. The van der Waals surface area contributed by atoms with Crippen molar-refractivity contribution in [3.05, 3.63) is 99.7 Å². The van der Waals surface area contributed by atoms with Crippen LogP contribution < -0.4 is 10.7 Å². The summed E-state index contributed by atoms with van der Waals surface area (Å²) in [5.41, 5.74) is 0.638. The summed E-state index contributed by atoms with van der Waals surface area (Å²) in [4.78, 5) is 37.6. The molecule has 4 aromatic rings. The van der Waals surface area contributed by atoms with Gasteiger partial charge in [0.15, 0.2) is 17.6 Å². The van der Waals surface area contributed by atoms with E-state index in [0.29, 0.717) is 23.0 Å². The van der Waals surface area contributed by atoms with Gasteiger partial charge >= 0.3 is 5.97 Å². The minimum Gasteiger partial charge on any atom is -0.455 e. The molecule has 0 bridgehead atoms. The summed E-state index contributed by atoms with van der Waals surface area (Å²) in [6, 6.07) is 15.9. The number of carbonyl (C=O) groups excluding carboxylic acids is 2. The molecule has 0 saturated carbocycles. The average molecular weight is 449 g/mol. The van der Waals surface area contributed by atoms with Gasteiger partial charge in [-0.1, -0.05) is 36.4 Å². The molecule has 8 heteroatoms. The molecule has 0 unspecified atom stereocenters. The number of nitrogens with one attached hydrogen (secondary N) is 1. The molecule has 0 radical (unpaired) electrons. The summed E-state index contributed by atoms with van der Waals surface area (Å²) in [5, 5.41) is 2.44. The first-order valence-electron chi connectivity index (χ1n) is 9.88. The first kappa shape index (κ1) is 21.9. The van der Waals surface area contributed by atoms with E-state index in [4.69, 9.17) is 9.15 Å². The Bertz CT molecular complexity index is 1410. The maximum absolute atomic E-state index is 13.3. The molecule has 3 aromatic carbocycles. The lowest BCUT2D eigenvalue weighted by molar-refractivity contribution is -0.119. The number of halogens is 2. The SMILES string of the molecule is Cc1c(-c2ccccc2)oc2c(C(=O)OCC(=O)Nc3cc(F)cc(F)c3)cccc2c1=O. The summed E-state index contributed by atoms with van der Waals surface area (Å²) in [7, 11) is 0. The number of carbonyl (C=O) groups is 2. The monoisotopic (exact) mass is 449 g/mol.